The monoisotopic (exact) mass is 426 g/mol. The van der Waals surface area contributed by atoms with Gasteiger partial charge in [-0.3, -0.25) is 29.9 Å². The summed E-state index contributed by atoms with van der Waals surface area (Å²) in [5.74, 6) is -1.25. The number of nitrogens with one attached hydrogen (secondary N) is 1. The number of hydrogen-bond acceptors (Lipinski definition) is 8. The zero-order valence-electron chi connectivity index (χ0n) is 16.6. The molecule has 11 heteroatoms. The molecule has 0 unspecified atom stereocenters. The predicted molar refractivity (Wildman–Crippen MR) is 110 cm³/mol. The van der Waals surface area contributed by atoms with E-state index in [1.165, 1.54) is 66.4 Å². The first-order chi connectivity index (χ1) is 14.7. The van der Waals surface area contributed by atoms with Crippen LogP contribution >= 0.6 is 0 Å². The SMILES string of the molecule is CCOC(=O)[C@]1(C)C=C(Nc2ccc([N+](=O)[O-])cc2)C(=O)N1c1ccc([N+](=O)[O-])cc1. The second kappa shape index (κ2) is 8.22. The molecule has 1 atom stereocenters. The molecule has 2 aromatic rings. The van der Waals surface area contributed by atoms with Crippen LogP contribution in [-0.2, 0) is 14.3 Å². The second-order valence-corrected chi connectivity index (χ2v) is 6.77. The summed E-state index contributed by atoms with van der Waals surface area (Å²) in [5.41, 5.74) is -1.05. The summed E-state index contributed by atoms with van der Waals surface area (Å²) in [7, 11) is 0. The number of rotatable bonds is 7. The molecule has 0 saturated carbocycles. The lowest BCUT2D eigenvalue weighted by atomic mass is 10.0. The van der Waals surface area contributed by atoms with Crippen LogP contribution in [-0.4, -0.2) is 33.9 Å². The van der Waals surface area contributed by atoms with Crippen LogP contribution in [0.25, 0.3) is 0 Å². The highest BCUT2D eigenvalue weighted by molar-refractivity contribution is 6.16. The molecule has 2 aromatic carbocycles. The van der Waals surface area contributed by atoms with Gasteiger partial charge in [-0.15, -0.1) is 0 Å². The molecule has 0 saturated heterocycles. The first kappa shape index (κ1) is 21.4. The lowest BCUT2D eigenvalue weighted by Gasteiger charge is -2.32. The van der Waals surface area contributed by atoms with Crippen LogP contribution in [0.4, 0.5) is 22.7 Å². The van der Waals surface area contributed by atoms with Gasteiger partial charge in [0.05, 0.1) is 16.5 Å². The van der Waals surface area contributed by atoms with Crippen molar-refractivity contribution in [3.63, 3.8) is 0 Å². The molecule has 0 fully saturated rings. The lowest BCUT2D eigenvalue weighted by Crippen LogP contribution is -2.51. The van der Waals surface area contributed by atoms with Crippen molar-refractivity contribution in [1.82, 2.24) is 0 Å². The molecule has 0 radical (unpaired) electrons. The smallest absolute Gasteiger partial charge is 0.336 e. The normalized spacial score (nSPS) is 17.8. The van der Waals surface area contributed by atoms with Gasteiger partial charge in [0.25, 0.3) is 17.3 Å². The average molecular weight is 426 g/mol. The number of ether oxygens (including phenoxy) is 1. The Bertz CT molecular complexity index is 1080. The molecule has 1 N–H and O–H groups in total. The molecular formula is C20H18N4O7. The van der Waals surface area contributed by atoms with Crippen LogP contribution in [0, 0.1) is 20.2 Å². The van der Waals surface area contributed by atoms with Crippen LogP contribution in [0.15, 0.2) is 60.3 Å². The number of anilines is 2. The fourth-order valence-electron chi connectivity index (χ4n) is 3.19. The third kappa shape index (κ3) is 4.06. The van der Waals surface area contributed by atoms with Crippen molar-refractivity contribution in [2.24, 2.45) is 0 Å². The number of benzene rings is 2. The summed E-state index contributed by atoms with van der Waals surface area (Å²) in [6.07, 6.45) is 1.40. The minimum absolute atomic E-state index is 0.0581. The standard InChI is InChI=1S/C20H18N4O7/c1-3-31-19(26)20(2)12-17(21-13-4-6-15(7-5-13)23(27)28)18(25)22(20)14-8-10-16(11-9-14)24(29)30/h4-12,21H,3H2,1-2H3/t20-/m0/s1. The van der Waals surface area contributed by atoms with Gasteiger partial charge in [0.1, 0.15) is 5.70 Å². The highest BCUT2D eigenvalue weighted by atomic mass is 16.6. The van der Waals surface area contributed by atoms with E-state index in [1.807, 2.05) is 0 Å². The Morgan fingerprint density at radius 3 is 2.03 bits per heavy atom. The van der Waals surface area contributed by atoms with Crippen molar-refractivity contribution in [1.29, 1.82) is 0 Å². The van der Waals surface area contributed by atoms with Gasteiger partial charge in [0.2, 0.25) is 0 Å². The van der Waals surface area contributed by atoms with Crippen LogP contribution in [0.3, 0.4) is 0 Å². The Morgan fingerprint density at radius 2 is 1.55 bits per heavy atom. The van der Waals surface area contributed by atoms with Gasteiger partial charge in [0, 0.05) is 35.6 Å². The Kier molecular flexibility index (Phi) is 5.68. The maximum Gasteiger partial charge on any atom is 0.336 e. The van der Waals surface area contributed by atoms with E-state index in [-0.39, 0.29) is 29.4 Å². The lowest BCUT2D eigenvalue weighted by molar-refractivity contribution is -0.385. The maximum atomic E-state index is 13.2. The molecule has 0 aliphatic carbocycles. The van der Waals surface area contributed by atoms with Crippen LogP contribution < -0.4 is 10.2 Å². The molecule has 31 heavy (non-hydrogen) atoms. The number of nitrogens with zero attached hydrogens (tertiary/aromatic N) is 3. The van der Waals surface area contributed by atoms with Gasteiger partial charge in [-0.05, 0) is 44.2 Å². The quantitative estimate of drug-likeness (QED) is 0.404. The van der Waals surface area contributed by atoms with E-state index in [0.29, 0.717) is 5.69 Å². The molecule has 160 valence electrons. The number of nitro benzene ring substituents is 2. The third-order valence-electron chi connectivity index (χ3n) is 4.69. The highest BCUT2D eigenvalue weighted by Gasteiger charge is 2.49. The van der Waals surface area contributed by atoms with Crippen molar-refractivity contribution in [2.45, 2.75) is 19.4 Å². The number of hydrogen-bond donors (Lipinski definition) is 1. The van der Waals surface area contributed by atoms with Gasteiger partial charge in [0.15, 0.2) is 5.54 Å². The minimum Gasteiger partial charge on any atom is -0.464 e. The molecule has 0 aromatic heterocycles. The number of carbonyl (C=O) groups excluding carboxylic acids is 2. The molecule has 1 aliphatic heterocycles. The van der Waals surface area contributed by atoms with Gasteiger partial charge in [-0.2, -0.15) is 0 Å². The molecule has 0 spiro atoms. The molecule has 1 amide bonds. The van der Waals surface area contributed by atoms with Gasteiger partial charge in [-0.1, -0.05) is 0 Å². The van der Waals surface area contributed by atoms with E-state index in [9.17, 15) is 29.8 Å². The average Bonchev–Trinajstić information content (AvgIpc) is 2.99. The molecule has 3 rings (SSSR count). The summed E-state index contributed by atoms with van der Waals surface area (Å²) in [6, 6.07) is 10.6. The van der Waals surface area contributed by atoms with Crippen LogP contribution in [0.1, 0.15) is 13.8 Å². The highest BCUT2D eigenvalue weighted by Crippen LogP contribution is 2.36. The fourth-order valence-corrected chi connectivity index (χ4v) is 3.19. The van der Waals surface area contributed by atoms with Gasteiger partial charge < -0.3 is 10.1 Å². The second-order valence-electron chi connectivity index (χ2n) is 6.77. The zero-order chi connectivity index (χ0) is 22.8. The van der Waals surface area contributed by atoms with Gasteiger partial charge in [-0.25, -0.2) is 4.79 Å². The molecule has 11 nitrogen and oxygen atoms in total. The topological polar surface area (TPSA) is 145 Å². The summed E-state index contributed by atoms with van der Waals surface area (Å²) in [6.45, 7) is 3.22. The molecule has 1 heterocycles. The van der Waals surface area contributed by atoms with Gasteiger partial charge >= 0.3 is 5.97 Å². The van der Waals surface area contributed by atoms with Crippen LogP contribution in [0.5, 0.6) is 0 Å². The van der Waals surface area contributed by atoms with E-state index >= 15 is 0 Å². The zero-order valence-corrected chi connectivity index (χ0v) is 16.6. The third-order valence-corrected chi connectivity index (χ3v) is 4.69. The molecule has 0 bridgehead atoms. The minimum atomic E-state index is -1.51. The van der Waals surface area contributed by atoms with Crippen molar-refractivity contribution in [3.8, 4) is 0 Å². The Labute approximate surface area is 176 Å². The van der Waals surface area contributed by atoms with Crippen molar-refractivity contribution in [2.75, 3.05) is 16.8 Å². The van der Waals surface area contributed by atoms with Crippen LogP contribution in [0.2, 0.25) is 0 Å². The predicted octanol–water partition coefficient (Wildman–Crippen LogP) is 3.17. The van der Waals surface area contributed by atoms with E-state index < -0.39 is 27.3 Å². The Morgan fingerprint density at radius 1 is 1.03 bits per heavy atom. The Hall–Kier alpha value is -4.28. The van der Waals surface area contributed by atoms with Crippen molar-refractivity contribution >= 4 is 34.6 Å². The number of nitro groups is 2. The number of carbonyl (C=O) groups is 2. The van der Waals surface area contributed by atoms with Crippen molar-refractivity contribution in [3.05, 3.63) is 80.5 Å². The summed E-state index contributed by atoms with van der Waals surface area (Å²) in [4.78, 5) is 47.7. The molecule has 1 aliphatic rings. The Balaban J connectivity index is 1.97. The first-order valence-electron chi connectivity index (χ1n) is 9.18. The number of esters is 1. The summed E-state index contributed by atoms with van der Waals surface area (Å²) >= 11 is 0. The fraction of sp³-hybridized carbons (Fsp3) is 0.200. The maximum absolute atomic E-state index is 13.2. The summed E-state index contributed by atoms with van der Waals surface area (Å²) < 4.78 is 5.14. The van der Waals surface area contributed by atoms with Crippen molar-refractivity contribution < 1.29 is 24.2 Å². The van der Waals surface area contributed by atoms with E-state index in [1.54, 1.807) is 6.92 Å². The summed E-state index contributed by atoms with van der Waals surface area (Å²) in [5, 5.41) is 24.6. The largest absolute Gasteiger partial charge is 0.464 e. The molecular weight excluding hydrogens is 408 g/mol. The van der Waals surface area contributed by atoms with E-state index in [4.69, 9.17) is 4.74 Å². The number of amides is 1. The number of non-ortho nitro benzene ring substituents is 2. The first-order valence-corrected chi connectivity index (χ1v) is 9.18. The van der Waals surface area contributed by atoms with E-state index in [0.717, 1.165) is 0 Å². The van der Waals surface area contributed by atoms with E-state index in [2.05, 4.69) is 5.32 Å².